The quantitative estimate of drug-likeness (QED) is 0.240. The number of allylic oxidation sites excluding steroid dienone is 1. The van der Waals surface area contributed by atoms with Gasteiger partial charge in [-0.3, -0.25) is 19.9 Å². The molecule has 0 fully saturated rings. The molecule has 1 aliphatic heterocycles. The van der Waals surface area contributed by atoms with Crippen LogP contribution in [0.1, 0.15) is 37.3 Å². The molecule has 2 atom stereocenters. The first-order valence-electron chi connectivity index (χ1n) is 10.8. The number of nitro benzene ring substituents is 1. The second-order valence-electron chi connectivity index (χ2n) is 7.82. The molecule has 1 heterocycles. The normalized spacial score (nSPS) is 17.9. The molecule has 3 rings (SSSR count). The van der Waals surface area contributed by atoms with Crippen LogP contribution in [0, 0.1) is 16.0 Å². The van der Waals surface area contributed by atoms with Gasteiger partial charge in [-0.15, -0.1) is 0 Å². The summed E-state index contributed by atoms with van der Waals surface area (Å²) in [5, 5.41) is 11.3. The summed E-state index contributed by atoms with van der Waals surface area (Å²) in [6.07, 6.45) is 4.34. The Morgan fingerprint density at radius 1 is 1.12 bits per heavy atom. The average molecular weight is 463 g/mol. The highest BCUT2D eigenvalue weighted by atomic mass is 16.6. The fourth-order valence-corrected chi connectivity index (χ4v) is 4.01. The Labute approximate surface area is 197 Å². The summed E-state index contributed by atoms with van der Waals surface area (Å²) in [7, 11) is 1.25. The molecule has 0 spiro atoms. The third-order valence-corrected chi connectivity index (χ3v) is 5.57. The SMILES string of the molecule is COC(=O)C1C(C)=NC(C)=C(C(=O)OCCC=Cc2ccccc2)C1c1cccc([N+](=O)[O-])c1. The molecule has 8 heteroatoms. The van der Waals surface area contributed by atoms with Gasteiger partial charge in [-0.25, -0.2) is 4.79 Å². The summed E-state index contributed by atoms with van der Waals surface area (Å²) in [5.74, 6) is -2.93. The van der Waals surface area contributed by atoms with Crippen LogP contribution in [-0.4, -0.2) is 36.3 Å². The minimum absolute atomic E-state index is 0.131. The van der Waals surface area contributed by atoms with E-state index < -0.39 is 28.7 Å². The van der Waals surface area contributed by atoms with Crippen molar-refractivity contribution in [2.45, 2.75) is 26.2 Å². The van der Waals surface area contributed by atoms with Crippen LogP contribution in [0.3, 0.4) is 0 Å². The van der Waals surface area contributed by atoms with Crippen molar-refractivity contribution in [3.05, 3.63) is 93.2 Å². The number of non-ortho nitro benzene ring substituents is 1. The standard InChI is InChI=1S/C26H26N2O6/c1-17-22(25(29)33-3)24(20-13-9-14-21(16-20)28(31)32)23(18(2)27-17)26(30)34-15-8-7-12-19-10-5-4-6-11-19/h4-7,9-14,16,22,24H,8,15H2,1-3H3. The van der Waals surface area contributed by atoms with E-state index >= 15 is 0 Å². The molecule has 2 aromatic carbocycles. The number of hydrogen-bond donors (Lipinski definition) is 0. The number of methoxy groups -OCH3 is 1. The second kappa shape index (κ2) is 11.2. The number of aliphatic imine (C=N–C) groups is 1. The Bertz CT molecular complexity index is 1170. The Morgan fingerprint density at radius 2 is 1.85 bits per heavy atom. The van der Waals surface area contributed by atoms with Gasteiger partial charge in [-0.05, 0) is 31.4 Å². The monoisotopic (exact) mass is 462 g/mol. The molecule has 0 saturated heterocycles. The van der Waals surface area contributed by atoms with Crippen LogP contribution in [0.25, 0.3) is 6.08 Å². The maximum Gasteiger partial charge on any atom is 0.336 e. The van der Waals surface area contributed by atoms with E-state index in [2.05, 4.69) is 4.99 Å². The zero-order valence-electron chi connectivity index (χ0n) is 19.3. The number of nitrogens with zero attached hydrogens (tertiary/aromatic N) is 2. The molecule has 2 aromatic rings. The van der Waals surface area contributed by atoms with Crippen molar-refractivity contribution in [3.8, 4) is 0 Å². The van der Waals surface area contributed by atoms with Crippen molar-refractivity contribution in [2.24, 2.45) is 10.9 Å². The largest absolute Gasteiger partial charge is 0.468 e. The number of nitro groups is 1. The van der Waals surface area contributed by atoms with Gasteiger partial charge in [0, 0.05) is 29.5 Å². The molecule has 0 radical (unpaired) electrons. The number of rotatable bonds is 8. The fourth-order valence-electron chi connectivity index (χ4n) is 4.01. The highest BCUT2D eigenvalue weighted by molar-refractivity contribution is 6.07. The molecular weight excluding hydrogens is 436 g/mol. The molecule has 0 N–H and O–H groups in total. The van der Waals surface area contributed by atoms with E-state index in [-0.39, 0.29) is 17.9 Å². The van der Waals surface area contributed by atoms with Gasteiger partial charge < -0.3 is 9.47 Å². The van der Waals surface area contributed by atoms with Gasteiger partial charge >= 0.3 is 11.9 Å². The van der Waals surface area contributed by atoms with E-state index in [1.165, 1.54) is 25.3 Å². The molecule has 1 aliphatic rings. The van der Waals surface area contributed by atoms with Crippen LogP contribution < -0.4 is 0 Å². The summed E-state index contributed by atoms with van der Waals surface area (Å²) < 4.78 is 10.5. The third-order valence-electron chi connectivity index (χ3n) is 5.57. The maximum absolute atomic E-state index is 13.1. The van der Waals surface area contributed by atoms with E-state index in [4.69, 9.17) is 9.47 Å². The molecule has 0 aromatic heterocycles. The highest BCUT2D eigenvalue weighted by Gasteiger charge is 2.42. The van der Waals surface area contributed by atoms with Crippen molar-refractivity contribution in [2.75, 3.05) is 13.7 Å². The molecule has 2 unspecified atom stereocenters. The van der Waals surface area contributed by atoms with Crippen molar-refractivity contribution in [1.29, 1.82) is 0 Å². The van der Waals surface area contributed by atoms with E-state index in [1.807, 2.05) is 42.5 Å². The average Bonchev–Trinajstić information content (AvgIpc) is 2.83. The lowest BCUT2D eigenvalue weighted by molar-refractivity contribution is -0.384. The van der Waals surface area contributed by atoms with Crippen LogP contribution in [0.5, 0.6) is 0 Å². The maximum atomic E-state index is 13.1. The Kier molecular flexibility index (Phi) is 8.08. The lowest BCUT2D eigenvalue weighted by Gasteiger charge is -2.31. The van der Waals surface area contributed by atoms with Crippen molar-refractivity contribution in [1.82, 2.24) is 0 Å². The molecule has 0 aliphatic carbocycles. The topological polar surface area (TPSA) is 108 Å². The number of esters is 2. The van der Waals surface area contributed by atoms with Crippen LogP contribution in [-0.2, 0) is 19.1 Å². The van der Waals surface area contributed by atoms with Crippen LogP contribution in [0.4, 0.5) is 5.69 Å². The predicted molar refractivity (Wildman–Crippen MR) is 128 cm³/mol. The number of ether oxygens (including phenoxy) is 2. The van der Waals surface area contributed by atoms with Crippen LogP contribution in [0.2, 0.25) is 0 Å². The van der Waals surface area contributed by atoms with Crippen molar-refractivity contribution >= 4 is 29.4 Å². The Hall–Kier alpha value is -4.07. The van der Waals surface area contributed by atoms with Crippen LogP contribution >= 0.6 is 0 Å². The summed E-state index contributed by atoms with van der Waals surface area (Å²) in [4.78, 5) is 41.0. The Morgan fingerprint density at radius 3 is 2.53 bits per heavy atom. The first-order chi connectivity index (χ1) is 16.3. The predicted octanol–water partition coefficient (Wildman–Crippen LogP) is 4.86. The van der Waals surface area contributed by atoms with E-state index in [1.54, 1.807) is 19.9 Å². The van der Waals surface area contributed by atoms with Gasteiger partial charge in [0.15, 0.2) is 0 Å². The van der Waals surface area contributed by atoms with Gasteiger partial charge in [0.1, 0.15) is 5.92 Å². The second-order valence-corrected chi connectivity index (χ2v) is 7.82. The number of hydrogen-bond acceptors (Lipinski definition) is 7. The molecule has 8 nitrogen and oxygen atoms in total. The van der Waals surface area contributed by atoms with E-state index in [0.29, 0.717) is 23.4 Å². The molecule has 34 heavy (non-hydrogen) atoms. The smallest absolute Gasteiger partial charge is 0.336 e. The summed E-state index contributed by atoms with van der Waals surface area (Å²) in [6.45, 7) is 3.46. The summed E-state index contributed by atoms with van der Waals surface area (Å²) in [5.41, 5.74) is 2.39. The molecule has 0 saturated carbocycles. The minimum atomic E-state index is -0.906. The molecule has 0 amide bonds. The van der Waals surface area contributed by atoms with Gasteiger partial charge in [-0.1, -0.05) is 54.6 Å². The number of carbonyl (C=O) groups is 2. The van der Waals surface area contributed by atoms with Gasteiger partial charge in [-0.2, -0.15) is 0 Å². The zero-order chi connectivity index (χ0) is 24.7. The van der Waals surface area contributed by atoms with E-state index in [9.17, 15) is 19.7 Å². The first-order valence-corrected chi connectivity index (χ1v) is 10.8. The minimum Gasteiger partial charge on any atom is -0.468 e. The lowest BCUT2D eigenvalue weighted by Crippen LogP contribution is -2.36. The molecule has 0 bridgehead atoms. The summed E-state index contributed by atoms with van der Waals surface area (Å²) >= 11 is 0. The van der Waals surface area contributed by atoms with Crippen molar-refractivity contribution < 1.29 is 24.0 Å². The van der Waals surface area contributed by atoms with E-state index in [0.717, 1.165) is 5.56 Å². The highest BCUT2D eigenvalue weighted by Crippen LogP contribution is 2.40. The molecule has 176 valence electrons. The van der Waals surface area contributed by atoms with Gasteiger partial charge in [0.25, 0.3) is 5.69 Å². The number of carbonyl (C=O) groups excluding carboxylic acids is 2. The number of benzene rings is 2. The zero-order valence-corrected chi connectivity index (χ0v) is 19.3. The first kappa shape index (κ1) is 24.6. The summed E-state index contributed by atoms with van der Waals surface area (Å²) in [6, 6.07) is 15.6. The Balaban J connectivity index is 1.87. The van der Waals surface area contributed by atoms with Crippen molar-refractivity contribution in [3.63, 3.8) is 0 Å². The molecular formula is C26H26N2O6. The van der Waals surface area contributed by atoms with Gasteiger partial charge in [0.2, 0.25) is 0 Å². The van der Waals surface area contributed by atoms with Gasteiger partial charge in [0.05, 0.1) is 24.2 Å². The third kappa shape index (κ3) is 5.64. The fraction of sp³-hybridized carbons (Fsp3) is 0.269. The lowest BCUT2D eigenvalue weighted by atomic mass is 9.75. The van der Waals surface area contributed by atoms with Crippen LogP contribution in [0.15, 0.2) is 76.9 Å².